The van der Waals surface area contributed by atoms with Crippen molar-refractivity contribution < 1.29 is 0 Å². The van der Waals surface area contributed by atoms with Gasteiger partial charge in [0, 0.05) is 24.0 Å². The monoisotopic (exact) mass is 355 g/mol. The number of halogens is 2. The van der Waals surface area contributed by atoms with Crippen LogP contribution in [0.1, 0.15) is 35.5 Å². The van der Waals surface area contributed by atoms with Crippen molar-refractivity contribution in [3.05, 3.63) is 50.2 Å². The van der Waals surface area contributed by atoms with Crippen molar-refractivity contribution in [3.63, 3.8) is 0 Å². The Morgan fingerprint density at radius 2 is 2.15 bits per heavy atom. The normalized spacial score (nSPS) is 12.7. The molecule has 0 fully saturated rings. The molecule has 1 unspecified atom stereocenters. The van der Waals surface area contributed by atoms with Gasteiger partial charge in [0.2, 0.25) is 0 Å². The zero-order valence-corrected chi connectivity index (χ0v) is 14.3. The van der Waals surface area contributed by atoms with Crippen molar-refractivity contribution in [1.29, 1.82) is 0 Å². The van der Waals surface area contributed by atoms with Gasteiger partial charge in [-0.1, -0.05) is 52.2 Å². The molecule has 0 radical (unpaired) electrons. The van der Waals surface area contributed by atoms with Gasteiger partial charge in [-0.2, -0.15) is 5.10 Å². The molecular weight excluding hydrogens is 338 g/mol. The van der Waals surface area contributed by atoms with E-state index in [1.54, 1.807) is 0 Å². The van der Waals surface area contributed by atoms with Gasteiger partial charge in [-0.25, -0.2) is 0 Å². The van der Waals surface area contributed by atoms with E-state index in [0.29, 0.717) is 6.42 Å². The Kier molecular flexibility index (Phi) is 4.89. The van der Waals surface area contributed by atoms with Crippen molar-refractivity contribution in [2.45, 2.75) is 32.7 Å². The van der Waals surface area contributed by atoms with Crippen molar-refractivity contribution in [2.75, 3.05) is 0 Å². The predicted octanol–water partition coefficient (Wildman–Crippen LogP) is 3.95. The lowest BCUT2D eigenvalue weighted by molar-refractivity contribution is 0.636. The van der Waals surface area contributed by atoms with E-state index in [1.807, 2.05) is 17.8 Å². The molecule has 0 aliphatic heterocycles. The lowest BCUT2D eigenvalue weighted by Crippen LogP contribution is -2.16. The minimum Gasteiger partial charge on any atom is -0.324 e. The largest absolute Gasteiger partial charge is 0.324 e. The van der Waals surface area contributed by atoms with Crippen LogP contribution in [-0.2, 0) is 19.9 Å². The van der Waals surface area contributed by atoms with Crippen LogP contribution in [0.4, 0.5) is 0 Å². The molecule has 5 heteroatoms. The van der Waals surface area contributed by atoms with Crippen molar-refractivity contribution >= 4 is 27.5 Å². The average Bonchev–Trinajstić information content (AvgIpc) is 2.68. The second-order valence-electron chi connectivity index (χ2n) is 5.02. The molecule has 0 saturated heterocycles. The third-order valence-electron chi connectivity index (χ3n) is 3.47. The van der Waals surface area contributed by atoms with Crippen LogP contribution >= 0.6 is 27.5 Å². The summed E-state index contributed by atoms with van der Waals surface area (Å²) in [7, 11) is 1.92. The van der Waals surface area contributed by atoms with E-state index >= 15 is 0 Å². The Bertz CT molecular complexity index is 622. The number of hydrogen-bond donors (Lipinski definition) is 1. The lowest BCUT2D eigenvalue weighted by Gasteiger charge is -2.15. The highest BCUT2D eigenvalue weighted by Gasteiger charge is 2.18. The predicted molar refractivity (Wildman–Crippen MR) is 87.1 cm³/mol. The highest BCUT2D eigenvalue weighted by Crippen LogP contribution is 2.29. The number of hydrogen-bond acceptors (Lipinski definition) is 2. The zero-order chi connectivity index (χ0) is 14.9. The first-order chi connectivity index (χ1) is 9.43. The van der Waals surface area contributed by atoms with Crippen LogP contribution in [-0.4, -0.2) is 9.78 Å². The first kappa shape index (κ1) is 15.5. The van der Waals surface area contributed by atoms with Gasteiger partial charge in [-0.05, 0) is 25.0 Å². The van der Waals surface area contributed by atoms with Crippen molar-refractivity contribution in [3.8, 4) is 0 Å². The Hall–Kier alpha value is -0.840. The second kappa shape index (κ2) is 6.29. The Morgan fingerprint density at radius 3 is 2.75 bits per heavy atom. The van der Waals surface area contributed by atoms with Crippen LogP contribution in [0, 0.1) is 6.92 Å². The number of nitrogens with two attached hydrogens (primary N) is 1. The molecular formula is C15H19BrClN3. The Balaban J connectivity index is 2.30. The zero-order valence-electron chi connectivity index (χ0n) is 12.0. The maximum Gasteiger partial charge on any atom is 0.0850 e. The fourth-order valence-corrected chi connectivity index (χ4v) is 3.22. The fourth-order valence-electron chi connectivity index (χ4n) is 2.31. The molecule has 0 amide bonds. The van der Waals surface area contributed by atoms with Crippen LogP contribution in [0.2, 0.25) is 5.02 Å². The maximum atomic E-state index is 6.38. The van der Waals surface area contributed by atoms with Crippen molar-refractivity contribution in [2.24, 2.45) is 12.8 Å². The average molecular weight is 357 g/mol. The molecule has 2 aromatic rings. The number of nitrogens with zero attached hydrogens (tertiary/aromatic N) is 2. The highest BCUT2D eigenvalue weighted by molar-refractivity contribution is 9.10. The van der Waals surface area contributed by atoms with Crippen LogP contribution in [0.25, 0.3) is 0 Å². The summed E-state index contributed by atoms with van der Waals surface area (Å²) in [5.74, 6) is 0. The third-order valence-corrected chi connectivity index (χ3v) is 4.63. The van der Waals surface area contributed by atoms with E-state index in [-0.39, 0.29) is 6.04 Å². The molecule has 0 aliphatic rings. The number of aromatic nitrogens is 2. The summed E-state index contributed by atoms with van der Waals surface area (Å²) >= 11 is 9.95. The second-order valence-corrected chi connectivity index (χ2v) is 6.25. The molecule has 3 nitrogen and oxygen atoms in total. The first-order valence-corrected chi connectivity index (χ1v) is 7.83. The summed E-state index contributed by atoms with van der Waals surface area (Å²) in [5.41, 5.74) is 10.6. The number of rotatable bonds is 4. The number of aryl methyl sites for hydroxylation is 3. The van der Waals surface area contributed by atoms with E-state index in [2.05, 4.69) is 47.0 Å². The summed E-state index contributed by atoms with van der Waals surface area (Å²) in [6.45, 7) is 4.12. The summed E-state index contributed by atoms with van der Waals surface area (Å²) in [5, 5.41) is 5.18. The molecule has 1 aromatic carbocycles. The van der Waals surface area contributed by atoms with Crippen molar-refractivity contribution in [1.82, 2.24) is 9.78 Å². The van der Waals surface area contributed by atoms with Gasteiger partial charge in [-0.3, -0.25) is 4.68 Å². The van der Waals surface area contributed by atoms with Gasteiger partial charge in [-0.15, -0.1) is 0 Å². The van der Waals surface area contributed by atoms with Gasteiger partial charge in [0.25, 0.3) is 0 Å². The van der Waals surface area contributed by atoms with Crippen LogP contribution < -0.4 is 5.73 Å². The SMILES string of the molecule is CCc1nn(C)c(CC(N)c2cc(C)ccc2Br)c1Cl. The van der Waals surface area contributed by atoms with Crippen LogP contribution in [0.5, 0.6) is 0 Å². The van der Waals surface area contributed by atoms with E-state index in [4.69, 9.17) is 17.3 Å². The lowest BCUT2D eigenvalue weighted by atomic mass is 10.0. The number of benzene rings is 1. The topological polar surface area (TPSA) is 43.8 Å². The first-order valence-electron chi connectivity index (χ1n) is 6.65. The van der Waals surface area contributed by atoms with Crippen LogP contribution in [0.3, 0.4) is 0 Å². The minimum atomic E-state index is -0.109. The fraction of sp³-hybridized carbons (Fsp3) is 0.400. The van der Waals surface area contributed by atoms with Crippen LogP contribution in [0.15, 0.2) is 22.7 Å². The summed E-state index contributed by atoms with van der Waals surface area (Å²) in [6, 6.07) is 6.10. The summed E-state index contributed by atoms with van der Waals surface area (Å²) < 4.78 is 2.87. The Labute approximate surface area is 133 Å². The molecule has 20 heavy (non-hydrogen) atoms. The molecule has 1 aromatic heterocycles. The highest BCUT2D eigenvalue weighted by atomic mass is 79.9. The molecule has 0 bridgehead atoms. The van der Waals surface area contributed by atoms with E-state index in [9.17, 15) is 0 Å². The van der Waals surface area contributed by atoms with Gasteiger partial charge < -0.3 is 5.73 Å². The smallest absolute Gasteiger partial charge is 0.0850 e. The van der Waals surface area contributed by atoms with Gasteiger partial charge in [0.1, 0.15) is 0 Å². The molecule has 0 spiro atoms. The van der Waals surface area contributed by atoms with E-state index in [1.165, 1.54) is 5.56 Å². The van der Waals surface area contributed by atoms with E-state index in [0.717, 1.165) is 32.9 Å². The molecule has 108 valence electrons. The molecule has 2 N–H and O–H groups in total. The molecule has 2 rings (SSSR count). The third kappa shape index (κ3) is 3.08. The summed E-state index contributed by atoms with van der Waals surface area (Å²) in [4.78, 5) is 0. The molecule has 0 saturated carbocycles. The molecule has 1 atom stereocenters. The molecule has 0 aliphatic carbocycles. The minimum absolute atomic E-state index is 0.109. The van der Waals surface area contributed by atoms with Gasteiger partial charge in [0.15, 0.2) is 0 Å². The van der Waals surface area contributed by atoms with Gasteiger partial charge >= 0.3 is 0 Å². The van der Waals surface area contributed by atoms with E-state index < -0.39 is 0 Å². The quantitative estimate of drug-likeness (QED) is 0.901. The standard InChI is InChI=1S/C15H19BrClN3/c1-4-13-15(17)14(20(3)19-13)8-12(18)10-7-9(2)5-6-11(10)16/h5-7,12H,4,8,18H2,1-3H3. The summed E-state index contributed by atoms with van der Waals surface area (Å²) in [6.07, 6.45) is 1.50. The van der Waals surface area contributed by atoms with Gasteiger partial charge in [0.05, 0.1) is 16.4 Å². The Morgan fingerprint density at radius 1 is 1.45 bits per heavy atom. The molecule has 1 heterocycles. The maximum absolute atomic E-state index is 6.38.